The molecule has 1 aromatic heterocycles. The van der Waals surface area contributed by atoms with Crippen LogP contribution in [0.1, 0.15) is 44.0 Å². The number of aliphatic hydroxyl groups excluding tert-OH is 1. The number of urea groups is 1. The Morgan fingerprint density at radius 3 is 2.46 bits per heavy atom. The molecule has 0 radical (unpaired) electrons. The monoisotopic (exact) mass is 348 g/mol. The summed E-state index contributed by atoms with van der Waals surface area (Å²) in [5.41, 5.74) is 1.80. The SMILES string of the molecule is CC(C)Oc1ccc(C(C)NC(=O)NCC(O)c2ccsc2)cc1. The van der Waals surface area contributed by atoms with Gasteiger partial charge in [-0.15, -0.1) is 0 Å². The number of amides is 2. The fourth-order valence-electron chi connectivity index (χ4n) is 2.21. The van der Waals surface area contributed by atoms with Crippen molar-refractivity contribution in [3.8, 4) is 5.75 Å². The summed E-state index contributed by atoms with van der Waals surface area (Å²) >= 11 is 1.52. The fourth-order valence-corrected chi connectivity index (χ4v) is 2.92. The third-order valence-electron chi connectivity index (χ3n) is 3.48. The van der Waals surface area contributed by atoms with Gasteiger partial charge in [0.2, 0.25) is 0 Å². The smallest absolute Gasteiger partial charge is 0.315 e. The Morgan fingerprint density at radius 2 is 1.88 bits per heavy atom. The Morgan fingerprint density at radius 1 is 1.17 bits per heavy atom. The molecule has 0 fully saturated rings. The third kappa shape index (κ3) is 5.54. The molecule has 2 atom stereocenters. The van der Waals surface area contributed by atoms with Crippen molar-refractivity contribution in [3.05, 3.63) is 52.2 Å². The van der Waals surface area contributed by atoms with Gasteiger partial charge in [0.25, 0.3) is 0 Å². The Kier molecular flexibility index (Phi) is 6.63. The Bertz CT molecular complexity index is 626. The zero-order valence-corrected chi connectivity index (χ0v) is 15.0. The van der Waals surface area contributed by atoms with Crippen LogP contribution >= 0.6 is 11.3 Å². The van der Waals surface area contributed by atoms with Crippen LogP contribution in [0.2, 0.25) is 0 Å². The summed E-state index contributed by atoms with van der Waals surface area (Å²) in [5, 5.41) is 19.3. The predicted molar refractivity (Wildman–Crippen MR) is 96.4 cm³/mol. The van der Waals surface area contributed by atoms with E-state index in [1.165, 1.54) is 11.3 Å². The highest BCUT2D eigenvalue weighted by molar-refractivity contribution is 7.07. The standard InChI is InChI=1S/C18H24N2O3S/c1-12(2)23-16-6-4-14(5-7-16)13(3)20-18(22)19-10-17(21)15-8-9-24-11-15/h4-9,11-13,17,21H,10H2,1-3H3,(H2,19,20,22). The normalized spacial score (nSPS) is 13.4. The molecule has 0 aliphatic carbocycles. The maximum absolute atomic E-state index is 12.0. The van der Waals surface area contributed by atoms with Crippen LogP contribution in [0.3, 0.4) is 0 Å². The van der Waals surface area contributed by atoms with Crippen LogP contribution in [-0.4, -0.2) is 23.8 Å². The molecule has 0 aliphatic heterocycles. The van der Waals surface area contributed by atoms with E-state index in [1.807, 2.05) is 61.9 Å². The van der Waals surface area contributed by atoms with Crippen molar-refractivity contribution in [2.24, 2.45) is 0 Å². The largest absolute Gasteiger partial charge is 0.491 e. The van der Waals surface area contributed by atoms with Crippen LogP contribution in [-0.2, 0) is 0 Å². The average Bonchev–Trinajstić information content (AvgIpc) is 3.07. The average molecular weight is 348 g/mol. The maximum atomic E-state index is 12.0. The summed E-state index contributed by atoms with van der Waals surface area (Å²) in [4.78, 5) is 12.0. The van der Waals surface area contributed by atoms with Crippen molar-refractivity contribution in [2.75, 3.05) is 6.54 Å². The molecule has 0 spiro atoms. The first-order valence-electron chi connectivity index (χ1n) is 7.97. The summed E-state index contributed by atoms with van der Waals surface area (Å²) in [6, 6.07) is 9.05. The second-order valence-corrected chi connectivity index (χ2v) is 6.66. The van der Waals surface area contributed by atoms with E-state index in [9.17, 15) is 9.90 Å². The predicted octanol–water partition coefficient (Wildman–Crippen LogP) is 3.63. The Balaban J connectivity index is 1.80. The van der Waals surface area contributed by atoms with E-state index in [1.54, 1.807) is 0 Å². The van der Waals surface area contributed by atoms with E-state index in [2.05, 4.69) is 10.6 Å². The van der Waals surface area contributed by atoms with E-state index in [0.29, 0.717) is 0 Å². The van der Waals surface area contributed by atoms with Gasteiger partial charge in [0, 0.05) is 6.54 Å². The van der Waals surface area contributed by atoms with E-state index >= 15 is 0 Å². The molecule has 1 heterocycles. The van der Waals surface area contributed by atoms with Gasteiger partial charge in [-0.05, 0) is 60.9 Å². The summed E-state index contributed by atoms with van der Waals surface area (Å²) in [5.74, 6) is 0.810. The molecule has 2 rings (SSSR count). The van der Waals surface area contributed by atoms with Crippen molar-refractivity contribution >= 4 is 17.4 Å². The molecule has 5 nitrogen and oxygen atoms in total. The lowest BCUT2D eigenvalue weighted by Crippen LogP contribution is -2.39. The summed E-state index contributed by atoms with van der Waals surface area (Å²) in [6.07, 6.45) is -0.559. The lowest BCUT2D eigenvalue weighted by Gasteiger charge is -2.17. The minimum absolute atomic E-state index is 0.131. The molecule has 0 saturated heterocycles. The molecule has 0 aliphatic rings. The van der Waals surface area contributed by atoms with Gasteiger partial charge in [-0.3, -0.25) is 0 Å². The van der Waals surface area contributed by atoms with Gasteiger partial charge in [-0.1, -0.05) is 12.1 Å². The molecular formula is C18H24N2O3S. The van der Waals surface area contributed by atoms with Gasteiger partial charge in [0.05, 0.1) is 18.2 Å². The quantitative estimate of drug-likeness (QED) is 0.715. The van der Waals surface area contributed by atoms with E-state index in [0.717, 1.165) is 16.9 Å². The highest BCUT2D eigenvalue weighted by Crippen LogP contribution is 2.19. The second-order valence-electron chi connectivity index (χ2n) is 5.88. The van der Waals surface area contributed by atoms with Crippen molar-refractivity contribution < 1.29 is 14.6 Å². The van der Waals surface area contributed by atoms with Crippen molar-refractivity contribution in [1.82, 2.24) is 10.6 Å². The van der Waals surface area contributed by atoms with Gasteiger partial charge in [0.15, 0.2) is 0 Å². The molecular weight excluding hydrogens is 324 g/mol. The molecule has 0 bridgehead atoms. The van der Waals surface area contributed by atoms with Crippen LogP contribution in [0, 0.1) is 0 Å². The van der Waals surface area contributed by atoms with Gasteiger partial charge < -0.3 is 20.5 Å². The molecule has 0 saturated carbocycles. The number of carbonyl (C=O) groups is 1. The maximum Gasteiger partial charge on any atom is 0.315 e. The minimum atomic E-state index is -0.690. The number of hydrogen-bond donors (Lipinski definition) is 3. The molecule has 130 valence electrons. The zero-order chi connectivity index (χ0) is 17.5. The van der Waals surface area contributed by atoms with Crippen LogP contribution in [0.5, 0.6) is 5.75 Å². The molecule has 24 heavy (non-hydrogen) atoms. The number of nitrogens with one attached hydrogen (secondary N) is 2. The number of hydrogen-bond acceptors (Lipinski definition) is 4. The number of carbonyl (C=O) groups excluding carboxylic acids is 1. The summed E-state index contributed by atoms with van der Waals surface area (Å²) in [7, 11) is 0. The topological polar surface area (TPSA) is 70.6 Å². The van der Waals surface area contributed by atoms with Crippen molar-refractivity contribution in [2.45, 2.75) is 39.0 Å². The van der Waals surface area contributed by atoms with E-state index < -0.39 is 6.10 Å². The number of benzene rings is 1. The fraction of sp³-hybridized carbons (Fsp3) is 0.389. The molecule has 3 N–H and O–H groups in total. The number of ether oxygens (including phenoxy) is 1. The minimum Gasteiger partial charge on any atom is -0.491 e. The number of thiophene rings is 1. The van der Waals surface area contributed by atoms with E-state index in [-0.39, 0.29) is 24.7 Å². The van der Waals surface area contributed by atoms with Gasteiger partial charge in [-0.2, -0.15) is 11.3 Å². The van der Waals surface area contributed by atoms with Crippen molar-refractivity contribution in [3.63, 3.8) is 0 Å². The lowest BCUT2D eigenvalue weighted by atomic mass is 10.1. The highest BCUT2D eigenvalue weighted by atomic mass is 32.1. The zero-order valence-electron chi connectivity index (χ0n) is 14.2. The first-order valence-corrected chi connectivity index (χ1v) is 8.91. The molecule has 1 aromatic carbocycles. The van der Waals surface area contributed by atoms with E-state index in [4.69, 9.17) is 4.74 Å². The van der Waals surface area contributed by atoms with Crippen LogP contribution in [0.4, 0.5) is 4.79 Å². The lowest BCUT2D eigenvalue weighted by molar-refractivity contribution is 0.173. The molecule has 2 unspecified atom stereocenters. The second kappa shape index (κ2) is 8.70. The number of rotatable bonds is 7. The highest BCUT2D eigenvalue weighted by Gasteiger charge is 2.12. The van der Waals surface area contributed by atoms with Gasteiger partial charge >= 0.3 is 6.03 Å². The first kappa shape index (κ1) is 18.3. The van der Waals surface area contributed by atoms with Crippen LogP contribution in [0.25, 0.3) is 0 Å². The first-order chi connectivity index (χ1) is 11.5. The summed E-state index contributed by atoms with van der Waals surface area (Å²) in [6.45, 7) is 6.05. The molecule has 6 heteroatoms. The third-order valence-corrected chi connectivity index (χ3v) is 4.18. The molecule has 2 amide bonds. The van der Waals surface area contributed by atoms with Crippen LogP contribution in [0.15, 0.2) is 41.1 Å². The van der Waals surface area contributed by atoms with Gasteiger partial charge in [0.1, 0.15) is 5.75 Å². The van der Waals surface area contributed by atoms with Gasteiger partial charge in [-0.25, -0.2) is 4.79 Å². The Hall–Kier alpha value is -2.05. The van der Waals surface area contributed by atoms with Crippen LogP contribution < -0.4 is 15.4 Å². The Labute approximate surface area is 146 Å². The summed E-state index contributed by atoms with van der Waals surface area (Å²) < 4.78 is 5.60. The molecule has 2 aromatic rings. The number of aliphatic hydroxyl groups is 1. The van der Waals surface area contributed by atoms with Crippen molar-refractivity contribution in [1.29, 1.82) is 0 Å².